The molecule has 0 radical (unpaired) electrons. The van der Waals surface area contributed by atoms with Crippen LogP contribution >= 0.6 is 11.3 Å². The van der Waals surface area contributed by atoms with Crippen molar-refractivity contribution in [1.29, 1.82) is 0 Å². The molecule has 1 aliphatic rings. The fourth-order valence-corrected chi connectivity index (χ4v) is 5.21. The lowest BCUT2D eigenvalue weighted by Gasteiger charge is -2.30. The van der Waals surface area contributed by atoms with Crippen LogP contribution in [0.3, 0.4) is 0 Å². The Morgan fingerprint density at radius 1 is 1.22 bits per heavy atom. The third-order valence-electron chi connectivity index (χ3n) is 6.24. The highest BCUT2D eigenvalue weighted by Crippen LogP contribution is 2.41. The lowest BCUT2D eigenvalue weighted by molar-refractivity contribution is 0.0715. The number of anilines is 1. The SMILES string of the molecule is Cc1cc(-c2cccs2)nc2c(F)c(-c3nc(C4CC(O)C4)n4ccnc(N)c34)ccc12. The number of nitrogens with zero attached hydrogens (tertiary/aromatic N) is 4. The zero-order valence-electron chi connectivity index (χ0n) is 17.3. The molecule has 4 aromatic heterocycles. The summed E-state index contributed by atoms with van der Waals surface area (Å²) in [5.41, 5.74) is 9.61. The Labute approximate surface area is 187 Å². The van der Waals surface area contributed by atoms with Gasteiger partial charge in [-0.1, -0.05) is 12.1 Å². The molecular weight excluding hydrogens is 425 g/mol. The Hall–Kier alpha value is -3.36. The van der Waals surface area contributed by atoms with E-state index in [2.05, 4.69) is 9.97 Å². The van der Waals surface area contributed by atoms with Crippen LogP contribution in [0.25, 0.3) is 38.2 Å². The van der Waals surface area contributed by atoms with Gasteiger partial charge in [0.15, 0.2) is 5.82 Å². The van der Waals surface area contributed by atoms with Crippen LogP contribution in [-0.2, 0) is 0 Å². The molecule has 1 aromatic carbocycles. The molecular formula is C24H20FN5OS. The Kier molecular flexibility index (Phi) is 4.28. The Morgan fingerprint density at radius 3 is 2.81 bits per heavy atom. The molecule has 0 atom stereocenters. The van der Waals surface area contributed by atoms with Crippen molar-refractivity contribution in [3.63, 3.8) is 0 Å². The number of hydrogen-bond donors (Lipinski definition) is 2. The lowest BCUT2D eigenvalue weighted by Crippen LogP contribution is -2.27. The summed E-state index contributed by atoms with van der Waals surface area (Å²) in [5.74, 6) is 0.734. The van der Waals surface area contributed by atoms with Gasteiger partial charge in [-0.15, -0.1) is 11.3 Å². The van der Waals surface area contributed by atoms with Crippen LogP contribution in [0.2, 0.25) is 0 Å². The van der Waals surface area contributed by atoms with Crippen molar-refractivity contribution >= 4 is 33.6 Å². The summed E-state index contributed by atoms with van der Waals surface area (Å²) in [6.45, 7) is 1.97. The summed E-state index contributed by atoms with van der Waals surface area (Å²) in [7, 11) is 0. The number of rotatable bonds is 3. The predicted molar refractivity (Wildman–Crippen MR) is 124 cm³/mol. The Morgan fingerprint density at radius 2 is 2.06 bits per heavy atom. The van der Waals surface area contributed by atoms with Gasteiger partial charge in [0, 0.05) is 29.3 Å². The Balaban J connectivity index is 1.59. The van der Waals surface area contributed by atoms with Gasteiger partial charge in [0.2, 0.25) is 0 Å². The van der Waals surface area contributed by atoms with Crippen molar-refractivity contribution in [3.05, 3.63) is 65.3 Å². The topological polar surface area (TPSA) is 89.3 Å². The minimum atomic E-state index is -0.424. The molecule has 8 heteroatoms. The zero-order chi connectivity index (χ0) is 22.0. The van der Waals surface area contributed by atoms with Crippen LogP contribution in [0.1, 0.15) is 30.1 Å². The standard InChI is InChI=1S/C24H20FN5OS/c1-12-9-17(18-3-2-8-32-18)28-20-15(12)4-5-16(19(20)25)21-22-23(26)27-6-7-30(22)24(29-21)13-10-14(31)11-13/h2-9,13-14,31H,10-11H2,1H3,(H2,26,27). The Bertz CT molecular complexity index is 1490. The minimum absolute atomic E-state index is 0.0994. The number of aliphatic hydroxyl groups is 1. The molecule has 160 valence electrons. The molecule has 0 saturated heterocycles. The average Bonchev–Trinajstić information content (AvgIpc) is 3.41. The quantitative estimate of drug-likeness (QED) is 0.411. The first-order valence-electron chi connectivity index (χ1n) is 10.5. The van der Waals surface area contributed by atoms with E-state index in [1.807, 2.05) is 41.0 Å². The number of aromatic nitrogens is 4. The summed E-state index contributed by atoms with van der Waals surface area (Å²) >= 11 is 1.57. The highest BCUT2D eigenvalue weighted by Gasteiger charge is 2.33. The van der Waals surface area contributed by atoms with Crippen LogP contribution < -0.4 is 5.73 Å². The fraction of sp³-hybridized carbons (Fsp3) is 0.208. The van der Waals surface area contributed by atoms with E-state index in [1.54, 1.807) is 29.8 Å². The number of nitrogens with two attached hydrogens (primary N) is 1. The summed E-state index contributed by atoms with van der Waals surface area (Å²) in [5, 5.41) is 12.5. The number of aliphatic hydroxyl groups excluding tert-OH is 1. The van der Waals surface area contributed by atoms with Crippen LogP contribution in [0.15, 0.2) is 48.1 Å². The van der Waals surface area contributed by atoms with Gasteiger partial charge in [-0.2, -0.15) is 0 Å². The molecule has 0 bridgehead atoms. The van der Waals surface area contributed by atoms with Crippen LogP contribution in [-0.4, -0.2) is 30.6 Å². The van der Waals surface area contributed by atoms with Crippen molar-refractivity contribution in [1.82, 2.24) is 19.4 Å². The first-order valence-corrected chi connectivity index (χ1v) is 11.3. The van der Waals surface area contributed by atoms with Crippen molar-refractivity contribution in [2.24, 2.45) is 0 Å². The molecule has 3 N–H and O–H groups in total. The van der Waals surface area contributed by atoms with Crippen molar-refractivity contribution in [2.75, 3.05) is 5.73 Å². The fourth-order valence-electron chi connectivity index (χ4n) is 4.52. The molecule has 0 unspecified atom stereocenters. The monoisotopic (exact) mass is 445 g/mol. The zero-order valence-corrected chi connectivity index (χ0v) is 18.1. The second-order valence-electron chi connectivity index (χ2n) is 8.30. The van der Waals surface area contributed by atoms with E-state index in [0.717, 1.165) is 27.3 Å². The molecule has 6 nitrogen and oxygen atoms in total. The smallest absolute Gasteiger partial charge is 0.158 e. The van der Waals surface area contributed by atoms with Gasteiger partial charge in [0.05, 0.1) is 16.7 Å². The van der Waals surface area contributed by atoms with Crippen molar-refractivity contribution in [2.45, 2.75) is 31.8 Å². The molecule has 0 spiro atoms. The highest BCUT2D eigenvalue weighted by atomic mass is 32.1. The van der Waals surface area contributed by atoms with Gasteiger partial charge >= 0.3 is 0 Å². The maximum atomic E-state index is 16.0. The molecule has 32 heavy (non-hydrogen) atoms. The van der Waals surface area contributed by atoms with E-state index in [0.29, 0.717) is 35.1 Å². The van der Waals surface area contributed by atoms with Gasteiger partial charge in [0.1, 0.15) is 28.4 Å². The number of benzene rings is 1. The maximum Gasteiger partial charge on any atom is 0.158 e. The molecule has 1 saturated carbocycles. The molecule has 6 rings (SSSR count). The predicted octanol–water partition coefficient (Wildman–Crippen LogP) is 4.94. The molecule has 0 amide bonds. The number of fused-ring (bicyclic) bond motifs is 2. The third-order valence-corrected chi connectivity index (χ3v) is 7.14. The second-order valence-corrected chi connectivity index (χ2v) is 9.24. The summed E-state index contributed by atoms with van der Waals surface area (Å²) in [4.78, 5) is 14.7. The van der Waals surface area contributed by atoms with Crippen LogP contribution in [0, 0.1) is 12.7 Å². The van der Waals surface area contributed by atoms with Crippen molar-refractivity contribution in [3.8, 4) is 21.8 Å². The van der Waals surface area contributed by atoms with E-state index in [-0.39, 0.29) is 17.8 Å². The molecule has 0 aliphatic heterocycles. The van der Waals surface area contributed by atoms with Crippen LogP contribution in [0.4, 0.5) is 10.2 Å². The largest absolute Gasteiger partial charge is 0.393 e. The lowest BCUT2D eigenvalue weighted by atomic mass is 9.82. The van der Waals surface area contributed by atoms with Crippen molar-refractivity contribution < 1.29 is 9.50 Å². The average molecular weight is 446 g/mol. The van der Waals surface area contributed by atoms with Gasteiger partial charge in [0.25, 0.3) is 0 Å². The summed E-state index contributed by atoms with van der Waals surface area (Å²) in [6, 6.07) is 9.56. The number of thiophene rings is 1. The normalized spacial score (nSPS) is 18.3. The van der Waals surface area contributed by atoms with Gasteiger partial charge in [-0.05, 0) is 48.9 Å². The number of pyridine rings is 1. The van der Waals surface area contributed by atoms with Gasteiger partial charge in [-0.25, -0.2) is 19.3 Å². The number of imidazole rings is 1. The number of nitrogen functional groups attached to an aromatic ring is 1. The minimum Gasteiger partial charge on any atom is -0.393 e. The van der Waals surface area contributed by atoms with E-state index in [1.165, 1.54) is 0 Å². The molecule has 4 heterocycles. The van der Waals surface area contributed by atoms with E-state index >= 15 is 4.39 Å². The number of aryl methyl sites for hydroxylation is 1. The third kappa shape index (κ3) is 2.83. The summed E-state index contributed by atoms with van der Waals surface area (Å²) in [6.07, 6.45) is 4.34. The van der Waals surface area contributed by atoms with E-state index in [4.69, 9.17) is 10.7 Å². The van der Waals surface area contributed by atoms with Gasteiger partial charge < -0.3 is 10.8 Å². The molecule has 1 aliphatic carbocycles. The number of halogens is 1. The first kappa shape index (κ1) is 19.3. The first-order chi connectivity index (χ1) is 15.5. The maximum absolute atomic E-state index is 16.0. The van der Waals surface area contributed by atoms with Gasteiger partial charge in [-0.3, -0.25) is 4.40 Å². The second kappa shape index (κ2) is 7.08. The van der Waals surface area contributed by atoms with E-state index in [9.17, 15) is 5.11 Å². The highest BCUT2D eigenvalue weighted by molar-refractivity contribution is 7.13. The molecule has 1 fully saturated rings. The molecule has 5 aromatic rings. The van der Waals surface area contributed by atoms with E-state index < -0.39 is 5.82 Å². The summed E-state index contributed by atoms with van der Waals surface area (Å²) < 4.78 is 17.8. The number of hydrogen-bond acceptors (Lipinski definition) is 6. The van der Waals surface area contributed by atoms with Crippen LogP contribution in [0.5, 0.6) is 0 Å².